The molecule has 33 heavy (non-hydrogen) atoms. The lowest BCUT2D eigenvalue weighted by Gasteiger charge is -2.27. The molecule has 2 aliphatic carbocycles. The lowest BCUT2D eigenvalue weighted by molar-refractivity contribution is 0.0710. The minimum atomic E-state index is -0.258. The van der Waals surface area contributed by atoms with Crippen LogP contribution in [0.3, 0.4) is 0 Å². The Morgan fingerprint density at radius 3 is 2.82 bits per heavy atom. The summed E-state index contributed by atoms with van der Waals surface area (Å²) in [4.78, 5) is 29.9. The average Bonchev–Trinajstić information content (AvgIpc) is 3.73. The third-order valence-electron chi connectivity index (χ3n) is 6.86. The highest BCUT2D eigenvalue weighted by molar-refractivity contribution is 9.10. The van der Waals surface area contributed by atoms with Crippen LogP contribution in [0, 0.1) is 24.6 Å². The van der Waals surface area contributed by atoms with E-state index in [1.165, 1.54) is 6.07 Å². The third-order valence-corrected chi connectivity index (χ3v) is 8.54. The van der Waals surface area contributed by atoms with Gasteiger partial charge in [0.1, 0.15) is 11.5 Å². The smallest absolute Gasteiger partial charge is 0.274 e. The average molecular weight is 528 g/mol. The fraction of sp³-hybridized carbons (Fsp3) is 0.417. The number of carbonyl (C=O) groups is 1. The Bertz CT molecular complexity index is 1230. The maximum Gasteiger partial charge on any atom is 0.274 e. The second kappa shape index (κ2) is 8.13. The van der Waals surface area contributed by atoms with E-state index in [9.17, 15) is 9.18 Å². The molecule has 0 unspecified atom stereocenters. The number of carbonyl (C=O) groups excluding carboxylic acids is 1. The van der Waals surface area contributed by atoms with Gasteiger partial charge in [0, 0.05) is 31.4 Å². The predicted octanol–water partition coefficient (Wildman–Crippen LogP) is 5.26. The maximum atomic E-state index is 14.3. The fourth-order valence-corrected chi connectivity index (χ4v) is 6.15. The molecule has 3 heterocycles. The second-order valence-electron chi connectivity index (χ2n) is 9.26. The number of hydrogen-bond acceptors (Lipinski definition) is 6. The molecule has 2 aromatic heterocycles. The van der Waals surface area contributed by atoms with Gasteiger partial charge in [-0.25, -0.2) is 19.3 Å². The van der Waals surface area contributed by atoms with Crippen LogP contribution in [0.1, 0.15) is 46.2 Å². The molecule has 0 radical (unpaired) electrons. The molecule has 1 aliphatic heterocycles. The molecule has 170 valence electrons. The van der Waals surface area contributed by atoms with E-state index in [1.54, 1.807) is 36.7 Å². The number of thiazole rings is 1. The number of likely N-dealkylation sites (tertiary alicyclic amines) is 1. The number of fused-ring (bicyclic) bond motifs is 1. The van der Waals surface area contributed by atoms with Crippen LogP contribution in [-0.2, 0) is 0 Å². The molecular formula is C24H23BrFN5OS. The van der Waals surface area contributed by atoms with Crippen LogP contribution in [-0.4, -0.2) is 44.9 Å². The van der Waals surface area contributed by atoms with E-state index >= 15 is 0 Å². The highest BCUT2D eigenvalue weighted by atomic mass is 79.9. The highest BCUT2D eigenvalue weighted by Crippen LogP contribution is 2.51. The summed E-state index contributed by atoms with van der Waals surface area (Å²) in [5, 5.41) is 4.29. The molecule has 0 bridgehead atoms. The quantitative estimate of drug-likeness (QED) is 0.473. The van der Waals surface area contributed by atoms with E-state index < -0.39 is 0 Å². The fourth-order valence-electron chi connectivity index (χ4n) is 4.72. The number of hydrogen-bond donors (Lipinski definition) is 1. The van der Waals surface area contributed by atoms with Crippen molar-refractivity contribution in [3.63, 3.8) is 0 Å². The van der Waals surface area contributed by atoms with Crippen molar-refractivity contribution in [3.8, 4) is 10.4 Å². The van der Waals surface area contributed by atoms with Crippen molar-refractivity contribution in [2.24, 2.45) is 11.8 Å². The van der Waals surface area contributed by atoms with E-state index in [4.69, 9.17) is 4.98 Å². The Kier molecular flexibility index (Phi) is 5.21. The van der Waals surface area contributed by atoms with Crippen molar-refractivity contribution >= 4 is 39.1 Å². The zero-order valence-electron chi connectivity index (χ0n) is 18.1. The van der Waals surface area contributed by atoms with E-state index in [1.807, 2.05) is 11.0 Å². The van der Waals surface area contributed by atoms with Crippen LogP contribution in [0.5, 0.6) is 0 Å². The molecule has 1 aromatic carbocycles. The first kappa shape index (κ1) is 21.2. The molecule has 6 rings (SSSR count). The number of rotatable bonds is 6. The van der Waals surface area contributed by atoms with Crippen molar-refractivity contribution in [1.82, 2.24) is 19.9 Å². The Morgan fingerprint density at radius 2 is 2.09 bits per heavy atom. The zero-order chi connectivity index (χ0) is 22.7. The van der Waals surface area contributed by atoms with Crippen molar-refractivity contribution < 1.29 is 9.18 Å². The first-order valence-corrected chi connectivity index (χ1v) is 12.9. The molecule has 1 amide bonds. The first-order valence-electron chi connectivity index (χ1n) is 11.3. The Labute approximate surface area is 203 Å². The number of piperidine rings is 1. The molecular weight excluding hydrogens is 505 g/mol. The lowest BCUT2D eigenvalue weighted by atomic mass is 10.1. The molecule has 3 aliphatic rings. The number of aromatic nitrogens is 3. The summed E-state index contributed by atoms with van der Waals surface area (Å²) >= 11 is 4.89. The van der Waals surface area contributed by atoms with E-state index in [0.29, 0.717) is 41.5 Å². The number of halogens is 2. The summed E-state index contributed by atoms with van der Waals surface area (Å²) in [5.74, 6) is 1.73. The van der Waals surface area contributed by atoms with E-state index in [2.05, 4.69) is 31.2 Å². The van der Waals surface area contributed by atoms with E-state index in [-0.39, 0.29) is 17.8 Å². The van der Waals surface area contributed by atoms with Gasteiger partial charge in [-0.2, -0.15) is 0 Å². The van der Waals surface area contributed by atoms with Gasteiger partial charge in [-0.3, -0.25) is 4.79 Å². The number of anilines is 1. The maximum absolute atomic E-state index is 14.3. The molecule has 0 spiro atoms. The molecule has 3 fully saturated rings. The van der Waals surface area contributed by atoms with Crippen LogP contribution < -0.4 is 5.32 Å². The van der Waals surface area contributed by atoms with Crippen molar-refractivity contribution in [2.75, 3.05) is 18.4 Å². The molecule has 3 atom stereocenters. The largest absolute Gasteiger partial charge is 0.352 e. The minimum absolute atomic E-state index is 0.0511. The van der Waals surface area contributed by atoms with Crippen LogP contribution in [0.25, 0.3) is 10.4 Å². The number of nitrogens with one attached hydrogen (secondary N) is 1. The minimum Gasteiger partial charge on any atom is -0.352 e. The normalized spacial score (nSPS) is 23.5. The van der Waals surface area contributed by atoms with Crippen molar-refractivity contribution in [3.05, 3.63) is 57.1 Å². The summed E-state index contributed by atoms with van der Waals surface area (Å²) in [7, 11) is 0. The molecule has 9 heteroatoms. The van der Waals surface area contributed by atoms with Gasteiger partial charge < -0.3 is 10.2 Å². The predicted molar refractivity (Wildman–Crippen MR) is 129 cm³/mol. The molecule has 1 saturated heterocycles. The van der Waals surface area contributed by atoms with Gasteiger partial charge in [-0.05, 0) is 71.1 Å². The van der Waals surface area contributed by atoms with Crippen molar-refractivity contribution in [2.45, 2.75) is 38.1 Å². The van der Waals surface area contributed by atoms with Gasteiger partial charge in [-0.1, -0.05) is 12.1 Å². The Morgan fingerprint density at radius 1 is 1.30 bits per heavy atom. The van der Waals surface area contributed by atoms with Gasteiger partial charge in [0.15, 0.2) is 0 Å². The number of nitrogens with zero attached hydrogens (tertiary/aromatic N) is 4. The number of benzene rings is 1. The SMILES string of the molecule is Cc1ccc(-c2sc(C3CC3)nc2C(=O)N2C[C@@H]3C[C@@H]3[C@H]2CNc2ncc(Br)cn2)cc1F. The first-order chi connectivity index (χ1) is 16.0. The van der Waals surface area contributed by atoms with Crippen molar-refractivity contribution in [1.29, 1.82) is 0 Å². The summed E-state index contributed by atoms with van der Waals surface area (Å²) in [6, 6.07) is 5.26. The second-order valence-corrected chi connectivity index (χ2v) is 11.2. The topological polar surface area (TPSA) is 71.0 Å². The summed E-state index contributed by atoms with van der Waals surface area (Å²) < 4.78 is 15.2. The monoisotopic (exact) mass is 527 g/mol. The van der Waals surface area contributed by atoms with Gasteiger partial charge in [0.05, 0.1) is 20.4 Å². The summed E-state index contributed by atoms with van der Waals surface area (Å²) in [5.41, 5.74) is 1.80. The van der Waals surface area contributed by atoms with Gasteiger partial charge >= 0.3 is 0 Å². The van der Waals surface area contributed by atoms with Gasteiger partial charge in [0.2, 0.25) is 5.95 Å². The molecule has 1 N–H and O–H groups in total. The third kappa shape index (κ3) is 4.05. The summed E-state index contributed by atoms with van der Waals surface area (Å²) in [6.07, 6.45) is 6.77. The lowest BCUT2D eigenvalue weighted by Crippen LogP contribution is -2.42. The number of aryl methyl sites for hydroxylation is 1. The van der Waals surface area contributed by atoms with Gasteiger partial charge in [-0.15, -0.1) is 11.3 Å². The highest BCUT2D eigenvalue weighted by Gasteiger charge is 2.54. The Balaban J connectivity index is 1.28. The zero-order valence-corrected chi connectivity index (χ0v) is 20.5. The Hall–Kier alpha value is -2.39. The summed E-state index contributed by atoms with van der Waals surface area (Å²) in [6.45, 7) is 3.09. The van der Waals surface area contributed by atoms with Crippen LogP contribution in [0.4, 0.5) is 10.3 Å². The molecule has 3 aromatic rings. The van der Waals surface area contributed by atoms with Crippen LogP contribution >= 0.6 is 27.3 Å². The van der Waals surface area contributed by atoms with Crippen LogP contribution in [0.15, 0.2) is 35.1 Å². The van der Waals surface area contributed by atoms with E-state index in [0.717, 1.165) is 45.7 Å². The van der Waals surface area contributed by atoms with Crippen LogP contribution in [0.2, 0.25) is 0 Å². The molecule has 2 saturated carbocycles. The number of amides is 1. The van der Waals surface area contributed by atoms with Gasteiger partial charge in [0.25, 0.3) is 5.91 Å². The molecule has 6 nitrogen and oxygen atoms in total. The standard InChI is InChI=1S/C24H23BrFN5OS/c1-12-2-3-14(7-18(12)26)21-20(30-22(33-21)13-4-5-13)23(32)31-11-15-6-17(15)19(31)10-29-24-27-8-16(25)9-28-24/h2-3,7-9,13,15,17,19H,4-6,10-11H2,1H3,(H,27,28,29)/t15-,17-,19+/m0/s1.